The molecular weight excluding hydrogens is 422 g/mol. The number of hydrogen-bond donors (Lipinski definition) is 1. The summed E-state index contributed by atoms with van der Waals surface area (Å²) in [4.78, 5) is 30.3. The summed E-state index contributed by atoms with van der Waals surface area (Å²) in [5.41, 5.74) is 0.342. The number of thioether (sulfide) groups is 1. The Kier molecular flexibility index (Phi) is 6.79. The summed E-state index contributed by atoms with van der Waals surface area (Å²) in [5.74, 6) is 0.821. The molecule has 8 heteroatoms. The first-order valence-electron chi connectivity index (χ1n) is 10.2. The molecule has 2 aromatic heterocycles. The van der Waals surface area contributed by atoms with E-state index in [9.17, 15) is 9.59 Å². The maximum Gasteiger partial charge on any atom is 0.262 e. The van der Waals surface area contributed by atoms with Crippen LogP contribution in [0.1, 0.15) is 44.3 Å². The van der Waals surface area contributed by atoms with E-state index in [0.717, 1.165) is 25.7 Å². The van der Waals surface area contributed by atoms with E-state index in [1.165, 1.54) is 24.6 Å². The lowest BCUT2D eigenvalue weighted by Crippen LogP contribution is -2.35. The number of amides is 1. The van der Waals surface area contributed by atoms with Gasteiger partial charge in [-0.15, -0.1) is 0 Å². The number of benzene rings is 1. The van der Waals surface area contributed by atoms with Gasteiger partial charge in [-0.3, -0.25) is 14.2 Å². The fraction of sp³-hybridized carbons (Fsp3) is 0.409. The molecule has 30 heavy (non-hydrogen) atoms. The number of nitrogens with one attached hydrogen (secondary N) is 1. The van der Waals surface area contributed by atoms with Crippen LogP contribution in [0.25, 0.3) is 10.9 Å². The Bertz CT molecular complexity index is 1070. The summed E-state index contributed by atoms with van der Waals surface area (Å²) in [7, 11) is 0. The van der Waals surface area contributed by atoms with Gasteiger partial charge in [0, 0.05) is 11.1 Å². The van der Waals surface area contributed by atoms with Crippen molar-refractivity contribution < 1.29 is 9.21 Å². The van der Waals surface area contributed by atoms with Gasteiger partial charge in [-0.05, 0) is 43.2 Å². The molecule has 158 valence electrons. The highest BCUT2D eigenvalue weighted by Gasteiger charge is 2.18. The molecule has 1 fully saturated rings. The number of aromatic nitrogens is 2. The van der Waals surface area contributed by atoms with Crippen LogP contribution in [0.3, 0.4) is 0 Å². The number of fused-ring (bicyclic) bond motifs is 1. The van der Waals surface area contributed by atoms with Gasteiger partial charge in [0.05, 0.1) is 29.5 Å². The zero-order chi connectivity index (χ0) is 20.9. The van der Waals surface area contributed by atoms with Crippen molar-refractivity contribution in [3.8, 4) is 0 Å². The number of carbonyl (C=O) groups is 1. The van der Waals surface area contributed by atoms with Gasteiger partial charge in [-0.2, -0.15) is 0 Å². The van der Waals surface area contributed by atoms with Gasteiger partial charge in [-0.1, -0.05) is 49.0 Å². The lowest BCUT2D eigenvalue weighted by Gasteiger charge is -2.16. The van der Waals surface area contributed by atoms with Crippen LogP contribution in [-0.4, -0.2) is 27.3 Å². The van der Waals surface area contributed by atoms with Gasteiger partial charge in [0.25, 0.3) is 5.56 Å². The molecule has 1 aliphatic carbocycles. The van der Waals surface area contributed by atoms with E-state index in [0.29, 0.717) is 26.8 Å². The molecule has 0 aliphatic heterocycles. The van der Waals surface area contributed by atoms with Crippen LogP contribution < -0.4 is 10.9 Å². The predicted octanol–water partition coefficient (Wildman–Crippen LogP) is 4.62. The van der Waals surface area contributed by atoms with Crippen molar-refractivity contribution in [2.45, 2.75) is 56.3 Å². The molecular formula is C22H24ClN3O3S. The van der Waals surface area contributed by atoms with E-state index in [1.807, 2.05) is 6.07 Å². The van der Waals surface area contributed by atoms with Crippen LogP contribution in [0.5, 0.6) is 0 Å². The fourth-order valence-corrected chi connectivity index (χ4v) is 4.78. The average molecular weight is 446 g/mol. The first kappa shape index (κ1) is 21.0. The topological polar surface area (TPSA) is 77.1 Å². The predicted molar refractivity (Wildman–Crippen MR) is 119 cm³/mol. The highest BCUT2D eigenvalue weighted by molar-refractivity contribution is 7.99. The first-order valence-corrected chi connectivity index (χ1v) is 11.6. The SMILES string of the molecule is O=C(CSc1nc2cc(Cl)ccc2c(=O)n1Cc1ccco1)NC1CCCCCC1. The average Bonchev–Trinajstić information content (AvgIpc) is 3.11. The summed E-state index contributed by atoms with van der Waals surface area (Å²) in [6, 6.07) is 8.86. The van der Waals surface area contributed by atoms with Gasteiger partial charge in [0.15, 0.2) is 5.16 Å². The normalized spacial score (nSPS) is 15.2. The summed E-state index contributed by atoms with van der Waals surface area (Å²) < 4.78 is 6.97. The van der Waals surface area contributed by atoms with Crippen LogP contribution in [0.4, 0.5) is 0 Å². The Morgan fingerprint density at radius 2 is 2.03 bits per heavy atom. The number of carbonyl (C=O) groups excluding carboxylic acids is 1. The lowest BCUT2D eigenvalue weighted by molar-refractivity contribution is -0.119. The molecule has 1 aromatic carbocycles. The van der Waals surface area contributed by atoms with E-state index in [-0.39, 0.29) is 29.8 Å². The molecule has 1 aliphatic rings. The molecule has 0 bridgehead atoms. The second kappa shape index (κ2) is 9.71. The lowest BCUT2D eigenvalue weighted by atomic mass is 10.1. The Labute approximate surface area is 184 Å². The van der Waals surface area contributed by atoms with E-state index in [1.54, 1.807) is 35.1 Å². The van der Waals surface area contributed by atoms with Crippen molar-refractivity contribution in [1.82, 2.24) is 14.9 Å². The number of rotatable bonds is 6. The Morgan fingerprint density at radius 3 is 2.77 bits per heavy atom. The Balaban J connectivity index is 1.56. The highest BCUT2D eigenvalue weighted by Crippen LogP contribution is 2.22. The summed E-state index contributed by atoms with van der Waals surface area (Å²) in [6.45, 7) is 0.254. The highest BCUT2D eigenvalue weighted by atomic mass is 35.5. The summed E-state index contributed by atoms with van der Waals surface area (Å²) in [6.07, 6.45) is 8.44. The molecule has 0 atom stereocenters. The largest absolute Gasteiger partial charge is 0.467 e. The van der Waals surface area contributed by atoms with Gasteiger partial charge in [-0.25, -0.2) is 4.98 Å². The minimum Gasteiger partial charge on any atom is -0.467 e. The number of nitrogens with zero attached hydrogens (tertiary/aromatic N) is 2. The Morgan fingerprint density at radius 1 is 1.23 bits per heavy atom. The smallest absolute Gasteiger partial charge is 0.262 e. The van der Waals surface area contributed by atoms with E-state index in [2.05, 4.69) is 10.3 Å². The van der Waals surface area contributed by atoms with Crippen LogP contribution in [0.15, 0.2) is 51.0 Å². The zero-order valence-electron chi connectivity index (χ0n) is 16.6. The first-order chi connectivity index (χ1) is 14.6. The third kappa shape index (κ3) is 5.08. The van der Waals surface area contributed by atoms with Crippen LogP contribution >= 0.6 is 23.4 Å². The maximum atomic E-state index is 13.1. The quantitative estimate of drug-likeness (QED) is 0.340. The van der Waals surface area contributed by atoms with Crippen LogP contribution in [0.2, 0.25) is 5.02 Å². The number of hydrogen-bond acceptors (Lipinski definition) is 5. The monoisotopic (exact) mass is 445 g/mol. The van der Waals surface area contributed by atoms with Crippen molar-refractivity contribution in [3.05, 3.63) is 57.7 Å². The van der Waals surface area contributed by atoms with Crippen molar-refractivity contribution >= 4 is 40.2 Å². The second-order valence-electron chi connectivity index (χ2n) is 7.57. The van der Waals surface area contributed by atoms with E-state index < -0.39 is 0 Å². The van der Waals surface area contributed by atoms with Crippen molar-refractivity contribution in [2.24, 2.45) is 0 Å². The minimum atomic E-state index is -0.181. The van der Waals surface area contributed by atoms with Crippen molar-refractivity contribution in [2.75, 3.05) is 5.75 Å². The molecule has 0 radical (unpaired) electrons. The third-order valence-electron chi connectivity index (χ3n) is 5.33. The molecule has 0 spiro atoms. The maximum absolute atomic E-state index is 13.1. The van der Waals surface area contributed by atoms with Gasteiger partial charge < -0.3 is 9.73 Å². The van der Waals surface area contributed by atoms with E-state index in [4.69, 9.17) is 16.0 Å². The molecule has 0 unspecified atom stereocenters. The number of halogens is 1. The molecule has 1 N–H and O–H groups in total. The molecule has 0 saturated heterocycles. The molecule has 1 saturated carbocycles. The zero-order valence-corrected chi connectivity index (χ0v) is 18.2. The van der Waals surface area contributed by atoms with E-state index >= 15 is 0 Å². The van der Waals surface area contributed by atoms with Crippen molar-refractivity contribution in [3.63, 3.8) is 0 Å². The Hall–Kier alpha value is -2.25. The number of furan rings is 1. The molecule has 3 aromatic rings. The van der Waals surface area contributed by atoms with Crippen LogP contribution in [0, 0.1) is 0 Å². The third-order valence-corrected chi connectivity index (χ3v) is 6.54. The second-order valence-corrected chi connectivity index (χ2v) is 8.95. The van der Waals surface area contributed by atoms with Gasteiger partial charge >= 0.3 is 0 Å². The van der Waals surface area contributed by atoms with Gasteiger partial charge in [0.2, 0.25) is 5.91 Å². The molecule has 2 heterocycles. The van der Waals surface area contributed by atoms with Crippen molar-refractivity contribution in [1.29, 1.82) is 0 Å². The minimum absolute atomic E-state index is 0.0307. The summed E-state index contributed by atoms with van der Waals surface area (Å²) in [5, 5.41) is 4.61. The van der Waals surface area contributed by atoms with Crippen LogP contribution in [-0.2, 0) is 11.3 Å². The molecule has 1 amide bonds. The summed E-state index contributed by atoms with van der Waals surface area (Å²) >= 11 is 7.35. The van der Waals surface area contributed by atoms with Gasteiger partial charge in [0.1, 0.15) is 5.76 Å². The fourth-order valence-electron chi connectivity index (χ4n) is 3.80. The molecule has 6 nitrogen and oxygen atoms in total. The standard InChI is InChI=1S/C22H24ClN3O3S/c23-15-9-10-18-19(12-15)25-22(26(21(18)28)13-17-8-5-11-29-17)30-14-20(27)24-16-6-3-1-2-4-7-16/h5,8-12,16H,1-4,6-7,13-14H2,(H,24,27). The molecule has 4 rings (SSSR count).